The average Bonchev–Trinajstić information content (AvgIpc) is 2.97. The van der Waals surface area contributed by atoms with Gasteiger partial charge in [0.25, 0.3) is 5.91 Å². The van der Waals surface area contributed by atoms with Gasteiger partial charge in [-0.05, 0) is 41.5 Å². The number of amides is 4. The Morgan fingerprint density at radius 2 is 1.60 bits per heavy atom. The number of fused-ring (bicyclic) bond motifs is 1. The van der Waals surface area contributed by atoms with Crippen LogP contribution in [0.4, 0.5) is 4.79 Å². The van der Waals surface area contributed by atoms with Crippen LogP contribution in [0.1, 0.15) is 57.4 Å². The highest BCUT2D eigenvalue weighted by Gasteiger charge is 2.34. The first-order valence-corrected chi connectivity index (χ1v) is 14.4. The van der Waals surface area contributed by atoms with Crippen LogP contribution < -0.4 is 21.3 Å². The number of nitrogens with one attached hydrogen (secondary N) is 4. The molecule has 0 spiro atoms. The average molecular weight is 578 g/mol. The third-order valence-corrected chi connectivity index (χ3v) is 7.58. The van der Waals surface area contributed by atoms with Gasteiger partial charge in [0.05, 0.1) is 6.04 Å². The van der Waals surface area contributed by atoms with Gasteiger partial charge in [-0.3, -0.25) is 24.0 Å². The number of hydrogen-bond acceptors (Lipinski definition) is 6. The number of aliphatic hydroxyl groups excluding tert-OH is 1. The molecule has 0 heterocycles. The molecule has 0 aliphatic heterocycles. The molecule has 1 aliphatic carbocycles. The highest BCUT2D eigenvalue weighted by atomic mass is 16.4. The van der Waals surface area contributed by atoms with E-state index in [0.29, 0.717) is 6.42 Å². The summed E-state index contributed by atoms with van der Waals surface area (Å²) < 4.78 is 0. The van der Waals surface area contributed by atoms with Crippen LogP contribution in [0.2, 0.25) is 0 Å². The maximum absolute atomic E-state index is 13.7. The monoisotopic (exact) mass is 578 g/mol. The lowest BCUT2D eigenvalue weighted by Crippen LogP contribution is -2.59. The molecule has 11 nitrogen and oxygen atoms in total. The number of carbonyl (C=O) groups excluding carboxylic acids is 4. The number of rotatable bonds is 14. The van der Waals surface area contributed by atoms with Crippen molar-refractivity contribution in [3.05, 3.63) is 48.0 Å². The predicted molar refractivity (Wildman–Crippen MR) is 158 cm³/mol. The molecular formula is C30H39BN4O7. The van der Waals surface area contributed by atoms with E-state index in [9.17, 15) is 29.1 Å². The predicted octanol–water partition coefficient (Wildman–Crippen LogP) is 1.54. The van der Waals surface area contributed by atoms with Gasteiger partial charge >= 0.3 is 5.97 Å². The quantitative estimate of drug-likeness (QED) is 0.184. The van der Waals surface area contributed by atoms with Crippen LogP contribution in [-0.2, 0) is 25.6 Å². The van der Waals surface area contributed by atoms with Crippen molar-refractivity contribution in [1.82, 2.24) is 21.3 Å². The summed E-state index contributed by atoms with van der Waals surface area (Å²) in [5.74, 6) is -4.37. The van der Waals surface area contributed by atoms with E-state index in [1.54, 1.807) is 6.92 Å². The molecule has 0 bridgehead atoms. The minimum absolute atomic E-state index is 0.0938. The second kappa shape index (κ2) is 15.9. The van der Waals surface area contributed by atoms with Crippen LogP contribution in [0.3, 0.4) is 0 Å². The van der Waals surface area contributed by atoms with Crippen molar-refractivity contribution in [3.63, 3.8) is 0 Å². The summed E-state index contributed by atoms with van der Waals surface area (Å²) in [6, 6.07) is 10.3. The molecule has 42 heavy (non-hydrogen) atoms. The first kappa shape index (κ1) is 32.6. The van der Waals surface area contributed by atoms with Crippen LogP contribution in [0.5, 0.6) is 0 Å². The van der Waals surface area contributed by atoms with Gasteiger partial charge in [0.2, 0.25) is 19.7 Å². The molecule has 2 unspecified atom stereocenters. The fourth-order valence-electron chi connectivity index (χ4n) is 5.44. The zero-order valence-corrected chi connectivity index (χ0v) is 23.8. The molecule has 2 radical (unpaired) electrons. The number of carboxylic acid groups (broad SMARTS) is 1. The van der Waals surface area contributed by atoms with E-state index < -0.39 is 60.3 Å². The molecule has 2 aromatic rings. The van der Waals surface area contributed by atoms with Crippen LogP contribution in [0.15, 0.2) is 42.5 Å². The molecule has 6 N–H and O–H groups in total. The van der Waals surface area contributed by atoms with Gasteiger partial charge in [-0.25, -0.2) is 0 Å². The molecule has 12 heteroatoms. The second-order valence-electron chi connectivity index (χ2n) is 10.8. The maximum Gasteiger partial charge on any atom is 0.322 e. The molecule has 3 rings (SSSR count). The topological polar surface area (TPSA) is 174 Å². The van der Waals surface area contributed by atoms with E-state index in [1.807, 2.05) is 42.5 Å². The smallest absolute Gasteiger partial charge is 0.322 e. The molecule has 0 saturated heterocycles. The van der Waals surface area contributed by atoms with Gasteiger partial charge in [-0.1, -0.05) is 75.1 Å². The summed E-state index contributed by atoms with van der Waals surface area (Å²) in [5, 5.41) is 31.6. The minimum Gasteiger partial charge on any atom is -0.480 e. The lowest BCUT2D eigenvalue weighted by atomic mass is 9.83. The number of carbonyl (C=O) groups is 5. The third-order valence-electron chi connectivity index (χ3n) is 7.58. The van der Waals surface area contributed by atoms with E-state index in [1.165, 1.54) is 0 Å². The number of carboxylic acids is 1. The Labute approximate surface area is 246 Å². The van der Waals surface area contributed by atoms with Crippen molar-refractivity contribution >= 4 is 48.1 Å². The third kappa shape index (κ3) is 9.58. The Bertz CT molecular complexity index is 1270. The van der Waals surface area contributed by atoms with E-state index in [-0.39, 0.29) is 18.8 Å². The molecule has 1 fully saturated rings. The second-order valence-corrected chi connectivity index (χ2v) is 10.8. The lowest BCUT2D eigenvalue weighted by molar-refractivity contribution is -0.140. The Kier molecular flexibility index (Phi) is 12.3. The van der Waals surface area contributed by atoms with Crippen LogP contribution in [0, 0.1) is 5.92 Å². The summed E-state index contributed by atoms with van der Waals surface area (Å²) in [4.78, 5) is 62.3. The first-order chi connectivity index (χ1) is 20.1. The summed E-state index contributed by atoms with van der Waals surface area (Å²) in [7, 11) is 5.40. The zero-order chi connectivity index (χ0) is 30.6. The van der Waals surface area contributed by atoms with E-state index in [4.69, 9.17) is 13.0 Å². The Morgan fingerprint density at radius 1 is 0.905 bits per heavy atom. The van der Waals surface area contributed by atoms with Gasteiger partial charge < -0.3 is 31.5 Å². The maximum atomic E-state index is 13.7. The van der Waals surface area contributed by atoms with E-state index in [0.717, 1.165) is 48.4 Å². The molecule has 2 aromatic carbocycles. The van der Waals surface area contributed by atoms with Crippen molar-refractivity contribution < 1.29 is 34.2 Å². The van der Waals surface area contributed by atoms with Gasteiger partial charge in [-0.2, -0.15) is 0 Å². The molecule has 4 atom stereocenters. The van der Waals surface area contributed by atoms with Crippen LogP contribution >= 0.6 is 0 Å². The number of hydrogen-bond donors (Lipinski definition) is 6. The summed E-state index contributed by atoms with van der Waals surface area (Å²) in [6.45, 7) is 1.12. The molecular weight excluding hydrogens is 539 g/mol. The van der Waals surface area contributed by atoms with Crippen LogP contribution in [-0.4, -0.2) is 78.3 Å². The highest BCUT2D eigenvalue weighted by Crippen LogP contribution is 2.27. The van der Waals surface area contributed by atoms with Crippen molar-refractivity contribution in [1.29, 1.82) is 0 Å². The van der Waals surface area contributed by atoms with Gasteiger partial charge in [0, 0.05) is 6.42 Å². The zero-order valence-electron chi connectivity index (χ0n) is 23.8. The Balaban J connectivity index is 1.86. The molecule has 1 aliphatic rings. The fraction of sp³-hybridized carbons (Fsp3) is 0.500. The normalized spacial score (nSPS) is 16.4. The largest absolute Gasteiger partial charge is 0.480 e. The summed E-state index contributed by atoms with van der Waals surface area (Å²) in [5.41, 5.74) is 0.762. The van der Waals surface area contributed by atoms with E-state index >= 15 is 0 Å². The fourth-order valence-corrected chi connectivity index (χ4v) is 5.44. The van der Waals surface area contributed by atoms with Crippen molar-refractivity contribution in [2.45, 2.75) is 82.5 Å². The molecule has 1 saturated carbocycles. The SMILES string of the molecule is [B]C(=O)N[C@H](C(=O)N[C@@H](Cc1ccc2ccccc2c1)C(=O)NC(CCC)C(O)C(=O)NCC(=O)O)C1CCCCC1. The van der Waals surface area contributed by atoms with Crippen molar-refractivity contribution in [3.8, 4) is 0 Å². The van der Waals surface area contributed by atoms with Crippen molar-refractivity contribution in [2.24, 2.45) is 5.92 Å². The van der Waals surface area contributed by atoms with Crippen molar-refractivity contribution in [2.75, 3.05) is 6.54 Å². The van der Waals surface area contributed by atoms with Gasteiger partial charge in [-0.15, -0.1) is 0 Å². The number of aliphatic hydroxyl groups is 1. The Hall–Kier alpha value is -3.93. The number of aliphatic carboxylic acids is 1. The standard InChI is InChI=1S/C30H39BN4O7/c1-2-8-22(26(38)29(41)32-17-24(36)37)33-27(39)23(16-18-13-14-19-9-6-7-12-21(19)15-18)34-28(40)25(35-30(31)42)20-10-4-3-5-11-20/h6-7,9,12-15,20,22-23,25-26,38H,2-5,8,10-11,16-17H2,1H3,(H,32,41)(H,33,39)(H,34,40)(H,35,42)(H,36,37)/t22?,23-,25-,26?/m0/s1. The van der Waals surface area contributed by atoms with Gasteiger partial charge in [0.15, 0.2) is 11.9 Å². The highest BCUT2D eigenvalue weighted by molar-refractivity contribution is 6.57. The van der Waals surface area contributed by atoms with E-state index in [2.05, 4.69) is 21.3 Å². The Morgan fingerprint density at radius 3 is 2.24 bits per heavy atom. The minimum atomic E-state index is -1.71. The summed E-state index contributed by atoms with van der Waals surface area (Å²) >= 11 is 0. The number of benzene rings is 2. The first-order valence-electron chi connectivity index (χ1n) is 14.4. The summed E-state index contributed by atoms with van der Waals surface area (Å²) in [6.07, 6.45) is 3.43. The van der Waals surface area contributed by atoms with Crippen LogP contribution in [0.25, 0.3) is 10.8 Å². The molecule has 4 amide bonds. The van der Waals surface area contributed by atoms with Gasteiger partial charge in [0.1, 0.15) is 18.6 Å². The molecule has 224 valence electrons. The lowest BCUT2D eigenvalue weighted by Gasteiger charge is -2.32. The molecule has 0 aromatic heterocycles.